The van der Waals surface area contributed by atoms with Gasteiger partial charge >= 0.3 is 0 Å². The molecule has 2 aromatic heterocycles. The first-order chi connectivity index (χ1) is 8.58. The molecular weight excluding hydrogens is 230 g/mol. The fraction of sp³-hybridized carbons (Fsp3) is 0.636. The Kier molecular flexibility index (Phi) is 3.71. The van der Waals surface area contributed by atoms with Crippen molar-refractivity contribution in [2.75, 3.05) is 18.5 Å². The number of aromatic nitrogens is 5. The summed E-state index contributed by atoms with van der Waals surface area (Å²) in [6, 6.07) is 3.97. The van der Waals surface area contributed by atoms with Gasteiger partial charge in [-0.05, 0) is 34.9 Å². The van der Waals surface area contributed by atoms with Crippen molar-refractivity contribution in [3.63, 3.8) is 0 Å². The van der Waals surface area contributed by atoms with Gasteiger partial charge in [0.25, 0.3) is 0 Å². The Morgan fingerprint density at radius 2 is 2.17 bits per heavy atom. The highest BCUT2D eigenvalue weighted by Crippen LogP contribution is 2.10. The number of nitrogens with two attached hydrogens (primary N) is 1. The molecule has 2 heterocycles. The lowest BCUT2D eigenvalue weighted by Crippen LogP contribution is -2.32. The summed E-state index contributed by atoms with van der Waals surface area (Å²) in [6.45, 7) is 5.13. The maximum atomic E-state index is 6.03. The minimum atomic E-state index is 0.212. The van der Waals surface area contributed by atoms with Gasteiger partial charge in [0.2, 0.25) is 0 Å². The van der Waals surface area contributed by atoms with Crippen LogP contribution in [0.3, 0.4) is 0 Å². The minimum absolute atomic E-state index is 0.212. The molecule has 0 spiro atoms. The number of rotatable bonds is 5. The van der Waals surface area contributed by atoms with E-state index in [0.717, 1.165) is 18.8 Å². The molecule has 2 N–H and O–H groups in total. The minimum Gasteiger partial charge on any atom is -0.358 e. The van der Waals surface area contributed by atoms with Gasteiger partial charge in [0, 0.05) is 19.6 Å². The van der Waals surface area contributed by atoms with E-state index in [4.69, 9.17) is 5.73 Å². The highest BCUT2D eigenvalue weighted by molar-refractivity contribution is 5.43. The van der Waals surface area contributed by atoms with E-state index < -0.39 is 0 Å². The summed E-state index contributed by atoms with van der Waals surface area (Å²) >= 11 is 0. The highest BCUT2D eigenvalue weighted by atomic mass is 15.6. The molecule has 2 rings (SSSR count). The zero-order valence-electron chi connectivity index (χ0n) is 11.0. The largest absolute Gasteiger partial charge is 0.358 e. The molecule has 98 valence electrons. The van der Waals surface area contributed by atoms with Gasteiger partial charge in [-0.2, -0.15) is 0 Å². The van der Waals surface area contributed by atoms with Crippen molar-refractivity contribution in [3.05, 3.63) is 12.1 Å². The summed E-state index contributed by atoms with van der Waals surface area (Å²) in [5, 5.41) is 15.5. The van der Waals surface area contributed by atoms with E-state index in [1.54, 1.807) is 0 Å². The first-order valence-corrected chi connectivity index (χ1v) is 6.10. The number of fused-ring (bicyclic) bond motifs is 1. The molecule has 0 amide bonds. The maximum Gasteiger partial charge on any atom is 0.200 e. The van der Waals surface area contributed by atoms with Crippen LogP contribution in [0.5, 0.6) is 0 Å². The van der Waals surface area contributed by atoms with Crippen LogP contribution in [0.1, 0.15) is 20.3 Å². The van der Waals surface area contributed by atoms with Crippen molar-refractivity contribution >= 4 is 11.5 Å². The SMILES string of the molecule is CC(C)C(N)CCN(C)c1ccc2nnnn2n1. The average molecular weight is 249 g/mol. The predicted octanol–water partition coefficient (Wildman–Crippen LogP) is 0.329. The van der Waals surface area contributed by atoms with Crippen LogP contribution in [0.2, 0.25) is 0 Å². The second-order valence-corrected chi connectivity index (χ2v) is 4.84. The second-order valence-electron chi connectivity index (χ2n) is 4.84. The van der Waals surface area contributed by atoms with E-state index in [2.05, 4.69) is 39.4 Å². The van der Waals surface area contributed by atoms with E-state index in [1.165, 1.54) is 4.63 Å². The van der Waals surface area contributed by atoms with Gasteiger partial charge in [0.15, 0.2) is 11.5 Å². The van der Waals surface area contributed by atoms with E-state index in [-0.39, 0.29) is 6.04 Å². The fourth-order valence-corrected chi connectivity index (χ4v) is 1.63. The Hall–Kier alpha value is -1.76. The van der Waals surface area contributed by atoms with Crippen LogP contribution in [0, 0.1) is 5.92 Å². The smallest absolute Gasteiger partial charge is 0.200 e. The molecule has 18 heavy (non-hydrogen) atoms. The molecule has 7 nitrogen and oxygen atoms in total. The van der Waals surface area contributed by atoms with Gasteiger partial charge in [-0.25, -0.2) is 0 Å². The summed E-state index contributed by atoms with van der Waals surface area (Å²) < 4.78 is 1.42. The number of tetrazole rings is 1. The number of nitrogens with zero attached hydrogens (tertiary/aromatic N) is 6. The molecule has 0 aromatic carbocycles. The quantitative estimate of drug-likeness (QED) is 0.822. The molecule has 0 aliphatic carbocycles. The van der Waals surface area contributed by atoms with Crippen molar-refractivity contribution in [3.8, 4) is 0 Å². The third-order valence-electron chi connectivity index (χ3n) is 3.10. The standard InChI is InChI=1S/C11H19N7/c1-8(2)9(12)6-7-17(3)11-5-4-10-13-15-16-18(10)14-11/h4-5,8-9H,6-7,12H2,1-3H3. The average Bonchev–Trinajstić information content (AvgIpc) is 2.82. The van der Waals surface area contributed by atoms with Crippen molar-refractivity contribution in [2.24, 2.45) is 11.7 Å². The fourth-order valence-electron chi connectivity index (χ4n) is 1.63. The first kappa shape index (κ1) is 12.7. The molecular formula is C11H19N7. The predicted molar refractivity (Wildman–Crippen MR) is 69.3 cm³/mol. The highest BCUT2D eigenvalue weighted by Gasteiger charge is 2.10. The third kappa shape index (κ3) is 2.73. The van der Waals surface area contributed by atoms with E-state index in [1.807, 2.05) is 19.2 Å². The maximum absolute atomic E-state index is 6.03. The van der Waals surface area contributed by atoms with E-state index in [9.17, 15) is 0 Å². The molecule has 0 fully saturated rings. The van der Waals surface area contributed by atoms with Crippen LogP contribution in [-0.2, 0) is 0 Å². The molecule has 0 saturated carbocycles. The van der Waals surface area contributed by atoms with Crippen molar-refractivity contribution in [1.29, 1.82) is 0 Å². The zero-order chi connectivity index (χ0) is 13.1. The monoisotopic (exact) mass is 249 g/mol. The molecule has 2 aromatic rings. The summed E-state index contributed by atoms with van der Waals surface area (Å²) in [4.78, 5) is 2.06. The molecule has 0 bridgehead atoms. The van der Waals surface area contributed by atoms with Crippen molar-refractivity contribution < 1.29 is 0 Å². The Labute approximate surface area is 106 Å². The van der Waals surface area contributed by atoms with E-state index in [0.29, 0.717) is 11.6 Å². The van der Waals surface area contributed by atoms with Gasteiger partial charge in [0.1, 0.15) is 0 Å². The Bertz CT molecular complexity index is 507. The second kappa shape index (κ2) is 5.26. The summed E-state index contributed by atoms with van der Waals surface area (Å²) in [6.07, 6.45) is 0.934. The molecule has 1 atom stereocenters. The van der Waals surface area contributed by atoms with Crippen LogP contribution in [-0.4, -0.2) is 44.9 Å². The normalized spacial score (nSPS) is 13.2. The first-order valence-electron chi connectivity index (χ1n) is 6.10. The van der Waals surface area contributed by atoms with Gasteiger partial charge in [0.05, 0.1) is 0 Å². The molecule has 0 aliphatic heterocycles. The van der Waals surface area contributed by atoms with E-state index >= 15 is 0 Å². The lowest BCUT2D eigenvalue weighted by atomic mass is 10.0. The summed E-state index contributed by atoms with van der Waals surface area (Å²) in [5.74, 6) is 1.33. The van der Waals surface area contributed by atoms with Crippen LogP contribution in [0.4, 0.5) is 5.82 Å². The van der Waals surface area contributed by atoms with Crippen LogP contribution in [0.15, 0.2) is 12.1 Å². The number of hydrogen-bond donors (Lipinski definition) is 1. The van der Waals surface area contributed by atoms with Gasteiger partial charge in [-0.3, -0.25) is 0 Å². The van der Waals surface area contributed by atoms with Crippen molar-refractivity contribution in [1.82, 2.24) is 25.3 Å². The zero-order valence-corrected chi connectivity index (χ0v) is 11.0. The van der Waals surface area contributed by atoms with Gasteiger partial charge in [-0.15, -0.1) is 14.8 Å². The lowest BCUT2D eigenvalue weighted by molar-refractivity contribution is 0.465. The molecule has 0 aliphatic rings. The van der Waals surface area contributed by atoms with Gasteiger partial charge < -0.3 is 10.6 Å². The lowest BCUT2D eigenvalue weighted by Gasteiger charge is -2.21. The van der Waals surface area contributed by atoms with Crippen LogP contribution < -0.4 is 10.6 Å². The van der Waals surface area contributed by atoms with Crippen LogP contribution >= 0.6 is 0 Å². The Morgan fingerprint density at radius 3 is 2.89 bits per heavy atom. The summed E-state index contributed by atoms with van der Waals surface area (Å²) in [7, 11) is 1.99. The Morgan fingerprint density at radius 1 is 1.39 bits per heavy atom. The molecule has 1 unspecified atom stereocenters. The van der Waals surface area contributed by atoms with Crippen molar-refractivity contribution in [2.45, 2.75) is 26.3 Å². The Balaban J connectivity index is 2.01. The number of anilines is 1. The third-order valence-corrected chi connectivity index (χ3v) is 3.10. The van der Waals surface area contributed by atoms with Crippen LogP contribution in [0.25, 0.3) is 5.65 Å². The molecule has 0 saturated heterocycles. The molecule has 0 radical (unpaired) electrons. The number of hydrogen-bond acceptors (Lipinski definition) is 6. The summed E-state index contributed by atoms with van der Waals surface area (Å²) in [5.41, 5.74) is 6.68. The topological polar surface area (TPSA) is 85.2 Å². The molecule has 7 heteroatoms. The van der Waals surface area contributed by atoms with Gasteiger partial charge in [-0.1, -0.05) is 13.8 Å².